The molecule has 1 aromatic rings. The van der Waals surface area contributed by atoms with Crippen molar-refractivity contribution in [3.63, 3.8) is 0 Å². The zero-order valence-corrected chi connectivity index (χ0v) is 13.3. The van der Waals surface area contributed by atoms with Gasteiger partial charge in [0.15, 0.2) is 0 Å². The molecule has 3 rings (SSSR count). The van der Waals surface area contributed by atoms with E-state index in [-0.39, 0.29) is 12.1 Å². The largest absolute Gasteiger partial charge is 0.444 e. The number of piperazine rings is 1. The van der Waals surface area contributed by atoms with E-state index in [4.69, 9.17) is 16.3 Å². The van der Waals surface area contributed by atoms with E-state index in [1.54, 1.807) is 4.90 Å². The maximum absolute atomic E-state index is 12.2. The van der Waals surface area contributed by atoms with Crippen LogP contribution in [0.15, 0.2) is 6.07 Å². The third-order valence-corrected chi connectivity index (χ3v) is 3.93. The Morgan fingerprint density at radius 2 is 2.19 bits per heavy atom. The lowest BCUT2D eigenvalue weighted by Gasteiger charge is -2.45. The number of aromatic amines is 1. The van der Waals surface area contributed by atoms with Crippen molar-refractivity contribution in [1.29, 1.82) is 0 Å². The van der Waals surface area contributed by atoms with Gasteiger partial charge in [-0.1, -0.05) is 11.6 Å². The maximum atomic E-state index is 12.2. The number of halogens is 1. The van der Waals surface area contributed by atoms with Crippen LogP contribution < -0.4 is 10.2 Å². The van der Waals surface area contributed by atoms with E-state index in [1.165, 1.54) is 0 Å². The van der Waals surface area contributed by atoms with Crippen molar-refractivity contribution >= 4 is 29.2 Å². The summed E-state index contributed by atoms with van der Waals surface area (Å²) in [5.41, 5.74) is 0.625. The van der Waals surface area contributed by atoms with Gasteiger partial charge in [0.2, 0.25) is 0 Å². The highest BCUT2D eigenvalue weighted by Crippen LogP contribution is 2.35. The monoisotopic (exact) mass is 312 g/mol. The molecule has 0 spiro atoms. The summed E-state index contributed by atoms with van der Waals surface area (Å²) < 4.78 is 5.45. The Bertz CT molecular complexity index is 552. The molecule has 1 saturated heterocycles. The molecule has 21 heavy (non-hydrogen) atoms. The number of nitrogens with zero attached hydrogens (tertiary/aromatic N) is 2. The van der Waals surface area contributed by atoms with Gasteiger partial charge in [0.25, 0.3) is 0 Å². The average Bonchev–Trinajstić information content (AvgIpc) is 2.76. The molecule has 116 valence electrons. The number of aromatic nitrogens is 1. The van der Waals surface area contributed by atoms with E-state index in [9.17, 15) is 4.79 Å². The number of anilines is 2. The van der Waals surface area contributed by atoms with Gasteiger partial charge in [-0.25, -0.2) is 4.79 Å². The zero-order chi connectivity index (χ0) is 15.2. The average molecular weight is 313 g/mol. The minimum Gasteiger partial charge on any atom is -0.444 e. The molecule has 7 heteroatoms. The fourth-order valence-electron chi connectivity index (χ4n) is 2.83. The molecule has 1 fully saturated rings. The summed E-state index contributed by atoms with van der Waals surface area (Å²) in [6.45, 7) is 8.54. The molecule has 0 radical (unpaired) electrons. The van der Waals surface area contributed by atoms with Gasteiger partial charge in [-0.15, -0.1) is 0 Å². The van der Waals surface area contributed by atoms with Crippen molar-refractivity contribution in [2.45, 2.75) is 32.4 Å². The minimum atomic E-state index is -0.458. The van der Waals surface area contributed by atoms with Gasteiger partial charge >= 0.3 is 6.09 Å². The van der Waals surface area contributed by atoms with Crippen LogP contribution in [-0.4, -0.2) is 53.8 Å². The second kappa shape index (κ2) is 5.02. The Hall–Kier alpha value is -1.56. The fourth-order valence-corrected chi connectivity index (χ4v) is 3.03. The molecular weight excluding hydrogens is 292 g/mol. The van der Waals surface area contributed by atoms with Crippen molar-refractivity contribution in [2.75, 3.05) is 36.4 Å². The number of hydrogen-bond acceptors (Lipinski definition) is 4. The molecule has 2 aliphatic heterocycles. The standard InChI is InChI=1S/C14H21ClN4O2/c1-14(2,3)21-13(20)18-4-5-19-9(8-18)7-16-12-10(19)6-11(15)17-12/h6,9,16-17H,4-5,7-8H2,1-3H3/t9-/m0/s1. The Morgan fingerprint density at radius 3 is 2.90 bits per heavy atom. The Balaban J connectivity index is 1.69. The van der Waals surface area contributed by atoms with Crippen LogP contribution in [-0.2, 0) is 4.74 Å². The molecule has 2 N–H and O–H groups in total. The number of rotatable bonds is 0. The van der Waals surface area contributed by atoms with Crippen molar-refractivity contribution in [3.05, 3.63) is 11.2 Å². The Labute approximate surface area is 129 Å². The van der Waals surface area contributed by atoms with Gasteiger partial charge in [-0.05, 0) is 20.8 Å². The van der Waals surface area contributed by atoms with Crippen LogP contribution in [0.4, 0.5) is 16.3 Å². The number of H-pyrrole nitrogens is 1. The molecule has 6 nitrogen and oxygen atoms in total. The molecule has 1 aromatic heterocycles. The number of amides is 1. The summed E-state index contributed by atoms with van der Waals surface area (Å²) in [6.07, 6.45) is -0.236. The summed E-state index contributed by atoms with van der Waals surface area (Å²) in [7, 11) is 0. The number of ether oxygens (including phenoxy) is 1. The zero-order valence-electron chi connectivity index (χ0n) is 12.6. The number of hydrogen-bond donors (Lipinski definition) is 2. The van der Waals surface area contributed by atoms with E-state index in [0.717, 1.165) is 24.6 Å². The van der Waals surface area contributed by atoms with E-state index >= 15 is 0 Å². The van der Waals surface area contributed by atoms with Gasteiger partial charge in [-0.3, -0.25) is 0 Å². The third kappa shape index (κ3) is 2.90. The van der Waals surface area contributed by atoms with Crippen molar-refractivity contribution in [2.24, 2.45) is 0 Å². The smallest absolute Gasteiger partial charge is 0.410 e. The second-order valence-corrected chi connectivity index (χ2v) is 6.94. The summed E-state index contributed by atoms with van der Waals surface area (Å²) in [5, 5.41) is 3.96. The lowest BCUT2D eigenvalue weighted by Crippen LogP contribution is -2.59. The molecule has 1 atom stereocenters. The predicted octanol–water partition coefficient (Wildman–Crippen LogP) is 2.52. The van der Waals surface area contributed by atoms with E-state index in [0.29, 0.717) is 18.2 Å². The van der Waals surface area contributed by atoms with Gasteiger partial charge in [0, 0.05) is 32.2 Å². The van der Waals surface area contributed by atoms with Gasteiger partial charge < -0.3 is 24.8 Å². The highest BCUT2D eigenvalue weighted by molar-refractivity contribution is 6.30. The molecular formula is C14H21ClN4O2. The van der Waals surface area contributed by atoms with E-state index in [2.05, 4.69) is 15.2 Å². The highest BCUT2D eigenvalue weighted by atomic mass is 35.5. The molecule has 1 amide bonds. The van der Waals surface area contributed by atoms with Gasteiger partial charge in [0.05, 0.1) is 11.7 Å². The maximum Gasteiger partial charge on any atom is 0.410 e. The molecule has 3 heterocycles. The fraction of sp³-hybridized carbons (Fsp3) is 0.643. The normalized spacial score (nSPS) is 21.4. The van der Waals surface area contributed by atoms with Crippen LogP contribution in [0, 0.1) is 0 Å². The number of carbonyl (C=O) groups is 1. The van der Waals surface area contributed by atoms with E-state index in [1.807, 2.05) is 26.8 Å². The first kappa shape index (κ1) is 14.4. The lowest BCUT2D eigenvalue weighted by molar-refractivity contribution is 0.0217. The number of carbonyl (C=O) groups excluding carboxylic acids is 1. The van der Waals surface area contributed by atoms with Crippen LogP contribution in [0.1, 0.15) is 20.8 Å². The van der Waals surface area contributed by atoms with E-state index < -0.39 is 5.60 Å². The first-order valence-corrected chi connectivity index (χ1v) is 7.58. The molecule has 2 aliphatic rings. The molecule has 0 saturated carbocycles. The first-order valence-electron chi connectivity index (χ1n) is 7.20. The van der Waals surface area contributed by atoms with Crippen LogP contribution in [0.25, 0.3) is 0 Å². The van der Waals surface area contributed by atoms with Crippen LogP contribution in [0.5, 0.6) is 0 Å². The minimum absolute atomic E-state index is 0.236. The summed E-state index contributed by atoms with van der Waals surface area (Å²) in [6, 6.07) is 2.17. The third-order valence-electron chi connectivity index (χ3n) is 3.72. The van der Waals surface area contributed by atoms with Crippen LogP contribution in [0.2, 0.25) is 5.15 Å². The topological polar surface area (TPSA) is 60.6 Å². The van der Waals surface area contributed by atoms with Crippen molar-refractivity contribution in [1.82, 2.24) is 9.88 Å². The Morgan fingerprint density at radius 1 is 1.43 bits per heavy atom. The Kier molecular flexibility index (Phi) is 3.43. The quantitative estimate of drug-likeness (QED) is 0.773. The van der Waals surface area contributed by atoms with Crippen molar-refractivity contribution < 1.29 is 9.53 Å². The predicted molar refractivity (Wildman–Crippen MR) is 83.2 cm³/mol. The number of nitrogens with one attached hydrogen (secondary N) is 2. The van der Waals surface area contributed by atoms with Crippen LogP contribution >= 0.6 is 11.6 Å². The molecule has 0 aromatic carbocycles. The summed E-state index contributed by atoms with van der Waals surface area (Å²) >= 11 is 6.03. The van der Waals surface area contributed by atoms with Crippen LogP contribution in [0.3, 0.4) is 0 Å². The lowest BCUT2D eigenvalue weighted by atomic mass is 10.1. The summed E-state index contributed by atoms with van der Waals surface area (Å²) in [4.78, 5) is 19.4. The number of fused-ring (bicyclic) bond motifs is 3. The van der Waals surface area contributed by atoms with Gasteiger partial charge in [-0.2, -0.15) is 0 Å². The molecule has 0 aliphatic carbocycles. The van der Waals surface area contributed by atoms with Gasteiger partial charge in [0.1, 0.15) is 16.6 Å². The van der Waals surface area contributed by atoms with Crippen molar-refractivity contribution in [3.8, 4) is 0 Å². The second-order valence-electron chi connectivity index (χ2n) is 6.53. The molecule has 0 bridgehead atoms. The SMILES string of the molecule is CC(C)(C)OC(=O)N1CCN2c3cc(Cl)[nH]c3NC[C@H]2C1. The molecule has 0 unspecified atom stereocenters. The first-order chi connectivity index (χ1) is 9.83. The highest BCUT2D eigenvalue weighted by Gasteiger charge is 2.35. The summed E-state index contributed by atoms with van der Waals surface area (Å²) in [5.74, 6) is 0.960.